The van der Waals surface area contributed by atoms with Crippen LogP contribution in [0, 0.1) is 0 Å². The molecule has 0 atom stereocenters. The molecule has 1 aliphatic carbocycles. The van der Waals surface area contributed by atoms with Gasteiger partial charge in [-0.15, -0.1) is 0 Å². The smallest absolute Gasteiger partial charge is 0.220 e. The number of carbonyl (C=O) groups is 1. The molecule has 0 unspecified atom stereocenters. The van der Waals surface area contributed by atoms with Gasteiger partial charge in [0.25, 0.3) is 0 Å². The maximum Gasteiger partial charge on any atom is 0.220 e. The van der Waals surface area contributed by atoms with Crippen LogP contribution in [0.2, 0.25) is 0 Å². The number of amides is 1. The van der Waals surface area contributed by atoms with Crippen molar-refractivity contribution < 1.29 is 4.79 Å². The highest BCUT2D eigenvalue weighted by atomic mass is 16.1. The molecule has 2 rings (SSSR count). The summed E-state index contributed by atoms with van der Waals surface area (Å²) in [4.78, 5) is 14.4. The lowest BCUT2D eigenvalue weighted by Gasteiger charge is -2.39. The summed E-state index contributed by atoms with van der Waals surface area (Å²) >= 11 is 0. The first kappa shape index (κ1) is 17.0. The van der Waals surface area contributed by atoms with Crippen LogP contribution in [0.15, 0.2) is 18.5 Å². The number of aromatic nitrogens is 2. The largest absolute Gasteiger partial charge is 0.354 e. The average Bonchev–Trinajstić information content (AvgIpc) is 2.88. The third kappa shape index (κ3) is 4.83. The molecule has 1 N–H and O–H groups in total. The van der Waals surface area contributed by atoms with Gasteiger partial charge in [-0.25, -0.2) is 0 Å². The SMILES string of the molecule is CN(C)C1(CNC(=O)CCCn2cccn2)CCCCCC1. The predicted molar refractivity (Wildman–Crippen MR) is 88.6 cm³/mol. The van der Waals surface area contributed by atoms with Crippen molar-refractivity contribution in [2.45, 2.75) is 63.5 Å². The molecule has 0 radical (unpaired) electrons. The Morgan fingerprint density at radius 2 is 2.00 bits per heavy atom. The van der Waals surface area contributed by atoms with Gasteiger partial charge in [0.2, 0.25) is 5.91 Å². The average molecular weight is 306 g/mol. The minimum atomic E-state index is 0.147. The Hall–Kier alpha value is -1.36. The zero-order valence-electron chi connectivity index (χ0n) is 14.1. The second-order valence-corrected chi connectivity index (χ2v) is 6.68. The van der Waals surface area contributed by atoms with E-state index < -0.39 is 0 Å². The van der Waals surface area contributed by atoms with Crippen LogP contribution in [-0.4, -0.2) is 46.8 Å². The van der Waals surface area contributed by atoms with Crippen LogP contribution in [0.1, 0.15) is 51.4 Å². The van der Waals surface area contributed by atoms with Gasteiger partial charge in [0.05, 0.1) is 0 Å². The van der Waals surface area contributed by atoms with E-state index in [-0.39, 0.29) is 11.4 Å². The summed E-state index contributed by atoms with van der Waals surface area (Å²) in [6.45, 7) is 1.58. The molecule has 5 nitrogen and oxygen atoms in total. The van der Waals surface area contributed by atoms with Crippen LogP contribution in [0.4, 0.5) is 0 Å². The second kappa shape index (κ2) is 8.32. The first-order valence-electron chi connectivity index (χ1n) is 8.54. The predicted octanol–water partition coefficient (Wildman–Crippen LogP) is 2.43. The molecule has 0 aromatic carbocycles. The molecule has 1 amide bonds. The standard InChI is InChI=1S/C17H30N4O/c1-20(2)17(10-5-3-4-6-11-17)15-18-16(22)9-7-13-21-14-8-12-19-21/h8,12,14H,3-7,9-11,13,15H2,1-2H3,(H,18,22). The quantitative estimate of drug-likeness (QED) is 0.787. The van der Waals surface area contributed by atoms with Crippen molar-refractivity contribution in [3.63, 3.8) is 0 Å². The third-order valence-electron chi connectivity index (χ3n) is 4.95. The number of hydrogen-bond donors (Lipinski definition) is 1. The molecule has 1 aromatic rings. The molecule has 1 aliphatic rings. The summed E-state index contributed by atoms with van der Waals surface area (Å²) in [5, 5.41) is 7.33. The zero-order valence-corrected chi connectivity index (χ0v) is 14.1. The molecule has 1 aromatic heterocycles. The maximum absolute atomic E-state index is 12.1. The van der Waals surface area contributed by atoms with Crippen LogP contribution in [-0.2, 0) is 11.3 Å². The molecule has 22 heavy (non-hydrogen) atoms. The summed E-state index contributed by atoms with van der Waals surface area (Å²) in [5.74, 6) is 0.164. The van der Waals surface area contributed by atoms with Gasteiger partial charge in [-0.3, -0.25) is 9.48 Å². The normalized spacial score (nSPS) is 18.1. The van der Waals surface area contributed by atoms with Crippen molar-refractivity contribution in [3.8, 4) is 0 Å². The highest BCUT2D eigenvalue weighted by Crippen LogP contribution is 2.30. The van der Waals surface area contributed by atoms with Gasteiger partial charge in [-0.1, -0.05) is 25.7 Å². The Morgan fingerprint density at radius 1 is 1.27 bits per heavy atom. The topological polar surface area (TPSA) is 50.2 Å². The summed E-state index contributed by atoms with van der Waals surface area (Å²) in [5.41, 5.74) is 0.147. The number of nitrogens with zero attached hydrogens (tertiary/aromatic N) is 3. The molecule has 0 saturated heterocycles. The highest BCUT2D eigenvalue weighted by Gasteiger charge is 2.33. The van der Waals surface area contributed by atoms with E-state index in [1.54, 1.807) is 6.20 Å². The minimum absolute atomic E-state index is 0.147. The summed E-state index contributed by atoms with van der Waals surface area (Å²) in [6, 6.07) is 1.91. The van der Waals surface area contributed by atoms with Gasteiger partial charge in [-0.05, 0) is 39.4 Å². The molecular weight excluding hydrogens is 276 g/mol. The van der Waals surface area contributed by atoms with E-state index in [9.17, 15) is 4.79 Å². The molecule has 0 spiro atoms. The van der Waals surface area contributed by atoms with E-state index >= 15 is 0 Å². The highest BCUT2D eigenvalue weighted by molar-refractivity contribution is 5.75. The van der Waals surface area contributed by atoms with Crippen LogP contribution >= 0.6 is 0 Å². The van der Waals surface area contributed by atoms with E-state index in [0.29, 0.717) is 6.42 Å². The van der Waals surface area contributed by atoms with Crippen molar-refractivity contribution >= 4 is 5.91 Å². The lowest BCUT2D eigenvalue weighted by atomic mass is 9.88. The Bertz CT molecular complexity index is 434. The number of aryl methyl sites for hydroxylation is 1. The number of likely N-dealkylation sites (N-methyl/N-ethyl adjacent to an activating group) is 1. The lowest BCUT2D eigenvalue weighted by molar-refractivity contribution is -0.121. The van der Waals surface area contributed by atoms with E-state index in [1.165, 1.54) is 38.5 Å². The fourth-order valence-electron chi connectivity index (χ4n) is 3.35. The molecule has 0 bridgehead atoms. The van der Waals surface area contributed by atoms with Crippen molar-refractivity contribution in [2.75, 3.05) is 20.6 Å². The van der Waals surface area contributed by atoms with Gasteiger partial charge in [0.15, 0.2) is 0 Å². The van der Waals surface area contributed by atoms with Crippen molar-refractivity contribution in [1.29, 1.82) is 0 Å². The number of nitrogens with one attached hydrogen (secondary N) is 1. The van der Waals surface area contributed by atoms with Crippen LogP contribution in [0.25, 0.3) is 0 Å². The van der Waals surface area contributed by atoms with Crippen LogP contribution < -0.4 is 5.32 Å². The molecule has 124 valence electrons. The minimum Gasteiger partial charge on any atom is -0.354 e. The molecular formula is C17H30N4O. The molecule has 1 heterocycles. The Kier molecular flexibility index (Phi) is 6.43. The number of hydrogen-bond acceptors (Lipinski definition) is 3. The number of rotatable bonds is 7. The van der Waals surface area contributed by atoms with Crippen LogP contribution in [0.3, 0.4) is 0 Å². The van der Waals surface area contributed by atoms with E-state index in [0.717, 1.165) is 19.5 Å². The Morgan fingerprint density at radius 3 is 2.59 bits per heavy atom. The number of carbonyl (C=O) groups excluding carboxylic acids is 1. The molecule has 1 fully saturated rings. The first-order chi connectivity index (χ1) is 10.6. The fourth-order valence-corrected chi connectivity index (χ4v) is 3.35. The van der Waals surface area contributed by atoms with E-state index in [1.807, 2.05) is 16.9 Å². The monoisotopic (exact) mass is 306 g/mol. The van der Waals surface area contributed by atoms with Crippen molar-refractivity contribution in [1.82, 2.24) is 20.0 Å². The Balaban J connectivity index is 1.75. The van der Waals surface area contributed by atoms with E-state index in [4.69, 9.17) is 0 Å². The summed E-state index contributed by atoms with van der Waals surface area (Å²) in [6.07, 6.45) is 12.7. The van der Waals surface area contributed by atoms with Gasteiger partial charge >= 0.3 is 0 Å². The van der Waals surface area contributed by atoms with Crippen molar-refractivity contribution in [2.24, 2.45) is 0 Å². The van der Waals surface area contributed by atoms with Gasteiger partial charge in [0.1, 0.15) is 0 Å². The third-order valence-corrected chi connectivity index (χ3v) is 4.95. The maximum atomic E-state index is 12.1. The van der Waals surface area contributed by atoms with Crippen LogP contribution in [0.5, 0.6) is 0 Å². The van der Waals surface area contributed by atoms with Crippen molar-refractivity contribution in [3.05, 3.63) is 18.5 Å². The molecule has 0 aliphatic heterocycles. The summed E-state index contributed by atoms with van der Waals surface area (Å²) in [7, 11) is 4.30. The van der Waals surface area contributed by atoms with Gasteiger partial charge in [-0.2, -0.15) is 5.10 Å². The molecule has 1 saturated carbocycles. The second-order valence-electron chi connectivity index (χ2n) is 6.68. The fraction of sp³-hybridized carbons (Fsp3) is 0.765. The Labute approximate surface area is 134 Å². The van der Waals surface area contributed by atoms with Gasteiger partial charge < -0.3 is 10.2 Å². The lowest BCUT2D eigenvalue weighted by Crippen LogP contribution is -2.52. The first-order valence-corrected chi connectivity index (χ1v) is 8.54. The zero-order chi connectivity index (χ0) is 15.8. The van der Waals surface area contributed by atoms with Gasteiger partial charge in [0, 0.05) is 37.4 Å². The van der Waals surface area contributed by atoms with E-state index in [2.05, 4.69) is 29.4 Å². The molecule has 5 heteroatoms. The summed E-state index contributed by atoms with van der Waals surface area (Å²) < 4.78 is 1.87.